The maximum absolute atomic E-state index is 13.6. The van der Waals surface area contributed by atoms with Crippen molar-refractivity contribution in [2.45, 2.75) is 37.5 Å². The number of halogens is 3. The number of pyridine rings is 1. The number of alkyl halides is 3. The topological polar surface area (TPSA) is 245 Å². The lowest BCUT2D eigenvalue weighted by atomic mass is 10.0. The summed E-state index contributed by atoms with van der Waals surface area (Å²) < 4.78 is 39.6. The van der Waals surface area contributed by atoms with Crippen molar-refractivity contribution in [3.63, 3.8) is 0 Å². The first-order valence-electron chi connectivity index (χ1n) is 17.8. The lowest BCUT2D eigenvalue weighted by molar-refractivity contribution is -0.138. The van der Waals surface area contributed by atoms with Crippen molar-refractivity contribution in [2.75, 3.05) is 77.3 Å². The van der Waals surface area contributed by atoms with Crippen LogP contribution in [-0.4, -0.2) is 127 Å². The molecular weight excluding hydrogens is 707 g/mol. The maximum Gasteiger partial charge on any atom is 0.416 e. The Bertz CT molecular complexity index is 1620. The highest BCUT2D eigenvalue weighted by Gasteiger charge is 2.31. The van der Waals surface area contributed by atoms with E-state index in [-0.39, 0.29) is 103 Å². The third-order valence-electron chi connectivity index (χ3n) is 8.56. The quantitative estimate of drug-likeness (QED) is 0.0709. The molecule has 0 spiro atoms. The number of nitrogens with zero attached hydrogens (tertiary/aromatic N) is 4. The summed E-state index contributed by atoms with van der Waals surface area (Å²) in [5, 5.41) is 6.15. The standard InChI is InChI=1S/C36H52F3N11O4/c37-36(38,39)27-9-7-25(8-10-27)20-31(35(54)46-28-21-26-4-1-2-6-30(26)45-22-28)47-34(53)29(44)5-3-15-48(23-32(51)49(16-11-40)17-12-41)24-33(52)50(18-13-42)19-14-43/h1-2,4,6-10,21-22,29,31H,3,5,11-20,23-24,40-44H2,(H,46,54)(H,47,53)/t29-,31+/m0/s1. The van der Waals surface area contributed by atoms with E-state index in [0.717, 1.165) is 17.5 Å². The summed E-state index contributed by atoms with van der Waals surface area (Å²) >= 11 is 0. The largest absolute Gasteiger partial charge is 0.416 e. The van der Waals surface area contributed by atoms with E-state index >= 15 is 0 Å². The van der Waals surface area contributed by atoms with Crippen molar-refractivity contribution in [1.82, 2.24) is 25.0 Å². The van der Waals surface area contributed by atoms with Crippen LogP contribution < -0.4 is 39.3 Å². The molecule has 0 aliphatic heterocycles. The summed E-state index contributed by atoms with van der Waals surface area (Å²) in [6.07, 6.45) is -2.82. The minimum absolute atomic E-state index is 0.110. The Morgan fingerprint density at radius 3 is 1.85 bits per heavy atom. The molecule has 0 saturated heterocycles. The van der Waals surface area contributed by atoms with Crippen LogP contribution in [0.15, 0.2) is 60.8 Å². The van der Waals surface area contributed by atoms with Gasteiger partial charge in [0.2, 0.25) is 23.6 Å². The fourth-order valence-corrected chi connectivity index (χ4v) is 5.73. The van der Waals surface area contributed by atoms with Gasteiger partial charge in [-0.1, -0.05) is 30.3 Å². The van der Waals surface area contributed by atoms with Crippen molar-refractivity contribution in [3.8, 4) is 0 Å². The van der Waals surface area contributed by atoms with Gasteiger partial charge < -0.3 is 49.1 Å². The van der Waals surface area contributed by atoms with Crippen molar-refractivity contribution in [2.24, 2.45) is 28.7 Å². The van der Waals surface area contributed by atoms with Crippen LogP contribution >= 0.6 is 0 Å². The summed E-state index contributed by atoms with van der Waals surface area (Å²) in [4.78, 5) is 62.3. The number of aromatic nitrogens is 1. The molecule has 0 saturated carbocycles. The van der Waals surface area contributed by atoms with Crippen LogP contribution in [0, 0.1) is 0 Å². The highest BCUT2D eigenvalue weighted by Crippen LogP contribution is 2.29. The van der Waals surface area contributed by atoms with E-state index in [9.17, 15) is 32.3 Å². The minimum Gasteiger partial charge on any atom is -0.343 e. The molecule has 296 valence electrons. The first-order chi connectivity index (χ1) is 25.8. The normalized spacial score (nSPS) is 12.7. The fourth-order valence-electron chi connectivity index (χ4n) is 5.73. The molecule has 3 aromatic rings. The summed E-state index contributed by atoms with van der Waals surface area (Å²) in [6, 6.07) is 10.9. The Labute approximate surface area is 312 Å². The second kappa shape index (κ2) is 21.9. The molecule has 3 rings (SSSR count). The number of anilines is 1. The molecule has 0 unspecified atom stereocenters. The third kappa shape index (κ3) is 13.9. The number of nitrogens with two attached hydrogens (primary N) is 5. The highest BCUT2D eigenvalue weighted by atomic mass is 19.4. The van der Waals surface area contributed by atoms with Crippen LogP contribution in [0.5, 0.6) is 0 Å². The van der Waals surface area contributed by atoms with Crippen LogP contribution in [0.3, 0.4) is 0 Å². The van der Waals surface area contributed by atoms with Crippen molar-refractivity contribution in [1.29, 1.82) is 0 Å². The second-order valence-corrected chi connectivity index (χ2v) is 12.7. The van der Waals surface area contributed by atoms with Gasteiger partial charge in [-0.15, -0.1) is 0 Å². The van der Waals surface area contributed by atoms with E-state index in [1.165, 1.54) is 28.1 Å². The lowest BCUT2D eigenvalue weighted by Gasteiger charge is -2.29. The van der Waals surface area contributed by atoms with Gasteiger partial charge in [-0.25, -0.2) is 0 Å². The number of carbonyl (C=O) groups is 4. The van der Waals surface area contributed by atoms with Gasteiger partial charge in [0, 0.05) is 64.2 Å². The maximum atomic E-state index is 13.6. The Morgan fingerprint density at radius 2 is 1.31 bits per heavy atom. The predicted octanol–water partition coefficient (Wildman–Crippen LogP) is -0.179. The predicted molar refractivity (Wildman–Crippen MR) is 200 cm³/mol. The first kappa shape index (κ1) is 43.7. The van der Waals surface area contributed by atoms with Crippen LogP contribution in [0.1, 0.15) is 24.0 Å². The summed E-state index contributed by atoms with van der Waals surface area (Å²) in [5.41, 5.74) is 29.6. The van der Waals surface area contributed by atoms with Crippen molar-refractivity contribution in [3.05, 3.63) is 71.9 Å². The molecule has 12 N–H and O–H groups in total. The molecule has 18 heteroatoms. The Kier molecular flexibility index (Phi) is 17.7. The molecule has 54 heavy (non-hydrogen) atoms. The van der Waals surface area contributed by atoms with Gasteiger partial charge in [0.05, 0.1) is 42.1 Å². The van der Waals surface area contributed by atoms with Gasteiger partial charge in [0.25, 0.3) is 0 Å². The van der Waals surface area contributed by atoms with E-state index < -0.39 is 35.6 Å². The van der Waals surface area contributed by atoms with E-state index in [1.54, 1.807) is 11.0 Å². The number of nitrogens with one attached hydrogen (secondary N) is 2. The monoisotopic (exact) mass is 759 g/mol. The number of rotatable bonds is 22. The SMILES string of the molecule is NCCN(CCN)C(=O)CN(CCC[C@H](N)C(=O)N[C@H](Cc1ccc(C(F)(F)F)cc1)C(=O)Nc1cnc2ccccc2c1)CC(=O)N(CCN)CCN. The Hall–Kier alpha value is -4.72. The average Bonchev–Trinajstić information content (AvgIpc) is 3.13. The Balaban J connectivity index is 1.73. The van der Waals surface area contributed by atoms with Gasteiger partial charge in [-0.2, -0.15) is 13.2 Å². The molecule has 4 amide bonds. The number of amides is 4. The van der Waals surface area contributed by atoms with Crippen LogP contribution in [0.25, 0.3) is 10.9 Å². The van der Waals surface area contributed by atoms with E-state index in [2.05, 4.69) is 15.6 Å². The molecule has 2 atom stereocenters. The average molecular weight is 760 g/mol. The second-order valence-electron chi connectivity index (χ2n) is 12.7. The minimum atomic E-state index is -4.54. The molecule has 2 aromatic carbocycles. The van der Waals surface area contributed by atoms with Crippen LogP contribution in [0.2, 0.25) is 0 Å². The van der Waals surface area contributed by atoms with Gasteiger partial charge in [0.1, 0.15) is 6.04 Å². The van der Waals surface area contributed by atoms with Gasteiger partial charge in [0.15, 0.2) is 0 Å². The smallest absolute Gasteiger partial charge is 0.343 e. The zero-order valence-electron chi connectivity index (χ0n) is 30.3. The molecule has 0 fully saturated rings. The van der Waals surface area contributed by atoms with Crippen molar-refractivity contribution < 1.29 is 32.3 Å². The molecule has 0 radical (unpaired) electrons. The third-order valence-corrected chi connectivity index (χ3v) is 8.56. The molecular formula is C36H52F3N11O4. The highest BCUT2D eigenvalue weighted by molar-refractivity contribution is 5.99. The molecule has 0 aliphatic rings. The summed E-state index contributed by atoms with van der Waals surface area (Å²) in [7, 11) is 0. The molecule has 0 bridgehead atoms. The molecule has 0 aliphatic carbocycles. The number of hydrogen-bond acceptors (Lipinski definition) is 11. The molecule has 1 aromatic heterocycles. The fraction of sp³-hybridized carbons (Fsp3) is 0.472. The number of para-hydroxylation sites is 1. The van der Waals surface area contributed by atoms with E-state index in [1.807, 2.05) is 24.3 Å². The lowest BCUT2D eigenvalue weighted by Crippen LogP contribution is -2.51. The van der Waals surface area contributed by atoms with Crippen LogP contribution in [0.4, 0.5) is 18.9 Å². The Morgan fingerprint density at radius 1 is 0.759 bits per heavy atom. The summed E-state index contributed by atoms with van der Waals surface area (Å²) in [5.74, 6) is -1.85. The van der Waals surface area contributed by atoms with E-state index in [4.69, 9.17) is 28.7 Å². The number of hydrogen-bond donors (Lipinski definition) is 7. The van der Waals surface area contributed by atoms with Gasteiger partial charge in [-0.3, -0.25) is 29.1 Å². The number of fused-ring (bicyclic) bond motifs is 1. The summed E-state index contributed by atoms with van der Waals surface area (Å²) in [6.45, 7) is 2.03. The zero-order valence-corrected chi connectivity index (χ0v) is 30.3. The van der Waals surface area contributed by atoms with E-state index in [0.29, 0.717) is 16.8 Å². The van der Waals surface area contributed by atoms with Gasteiger partial charge >= 0.3 is 6.18 Å². The number of carbonyl (C=O) groups excluding carboxylic acids is 4. The molecule has 1 heterocycles. The molecule has 15 nitrogen and oxygen atoms in total. The van der Waals surface area contributed by atoms with Crippen molar-refractivity contribution >= 4 is 40.2 Å². The van der Waals surface area contributed by atoms with Gasteiger partial charge in [-0.05, 0) is 49.2 Å². The first-order valence-corrected chi connectivity index (χ1v) is 17.8. The number of benzene rings is 2. The van der Waals surface area contributed by atoms with Crippen LogP contribution in [-0.2, 0) is 31.8 Å². The zero-order chi connectivity index (χ0) is 39.7.